The number of ether oxygens (including phenoxy) is 1. The molecule has 5 aromatic carbocycles. The third-order valence-electron chi connectivity index (χ3n) is 6.16. The molecule has 0 radical (unpaired) electrons. The van der Waals surface area contributed by atoms with E-state index in [2.05, 4.69) is 102 Å². The van der Waals surface area contributed by atoms with E-state index in [1.165, 1.54) is 43.8 Å². The van der Waals surface area contributed by atoms with Crippen molar-refractivity contribution in [2.24, 2.45) is 0 Å². The smallest absolute Gasteiger partial charge is 0.135 e. The van der Waals surface area contributed by atoms with E-state index in [0.29, 0.717) is 0 Å². The lowest BCUT2D eigenvalue weighted by molar-refractivity contribution is 0.487. The van der Waals surface area contributed by atoms with Crippen molar-refractivity contribution in [1.82, 2.24) is 4.57 Å². The van der Waals surface area contributed by atoms with Crippen LogP contribution in [0.15, 0.2) is 103 Å². The maximum absolute atomic E-state index is 6.31. The topological polar surface area (TPSA) is 14.2 Å². The average Bonchev–Trinajstić information content (AvgIpc) is 3.14. The lowest BCUT2D eigenvalue weighted by Crippen LogP contribution is -1.99. The summed E-state index contributed by atoms with van der Waals surface area (Å²) in [7, 11) is 0. The fraction of sp³-hybridized carbons (Fsp3) is 0. The van der Waals surface area contributed by atoms with Gasteiger partial charge in [0.2, 0.25) is 0 Å². The first kappa shape index (κ1) is 15.8. The maximum Gasteiger partial charge on any atom is 0.135 e. The van der Waals surface area contributed by atoms with Crippen LogP contribution >= 0.6 is 0 Å². The molecule has 0 atom stereocenters. The highest BCUT2D eigenvalue weighted by Gasteiger charge is 2.24. The van der Waals surface area contributed by atoms with Crippen LogP contribution in [0.5, 0.6) is 11.5 Å². The fourth-order valence-corrected chi connectivity index (χ4v) is 4.94. The molecule has 30 heavy (non-hydrogen) atoms. The second-order valence-electron chi connectivity index (χ2n) is 7.79. The Hall–Kier alpha value is -4.04. The molecule has 0 saturated heterocycles. The Kier molecular flexibility index (Phi) is 3.03. The molecule has 1 aliphatic heterocycles. The van der Waals surface area contributed by atoms with Crippen molar-refractivity contribution in [3.63, 3.8) is 0 Å². The van der Waals surface area contributed by atoms with E-state index in [0.717, 1.165) is 17.1 Å². The number of rotatable bonds is 1. The summed E-state index contributed by atoms with van der Waals surface area (Å²) in [5, 5.41) is 4.94. The molecule has 0 fully saturated rings. The van der Waals surface area contributed by atoms with Crippen molar-refractivity contribution in [3.05, 3.63) is 103 Å². The summed E-state index contributed by atoms with van der Waals surface area (Å²) >= 11 is 0. The summed E-state index contributed by atoms with van der Waals surface area (Å²) in [4.78, 5) is 0. The normalized spacial score (nSPS) is 12.3. The van der Waals surface area contributed by atoms with Crippen LogP contribution in [-0.2, 0) is 0 Å². The zero-order valence-electron chi connectivity index (χ0n) is 16.2. The summed E-state index contributed by atoms with van der Waals surface area (Å²) in [6.45, 7) is 0. The summed E-state index contributed by atoms with van der Waals surface area (Å²) in [5.41, 5.74) is 6.01. The lowest BCUT2D eigenvalue weighted by atomic mass is 9.92. The van der Waals surface area contributed by atoms with Gasteiger partial charge in [0.25, 0.3) is 0 Å². The van der Waals surface area contributed by atoms with E-state index < -0.39 is 0 Å². The van der Waals surface area contributed by atoms with Crippen molar-refractivity contribution in [2.45, 2.75) is 0 Å². The minimum Gasteiger partial charge on any atom is -0.456 e. The largest absolute Gasteiger partial charge is 0.456 e. The SMILES string of the molecule is c1ccc(-n2c3ccccc3c3cc4c5c(cccc5c32)Oc2ccccc2-4)cc1. The molecule has 6 aromatic rings. The molecule has 0 amide bonds. The number of aromatic nitrogens is 1. The fourth-order valence-electron chi connectivity index (χ4n) is 4.94. The minimum atomic E-state index is 0.920. The first-order valence-electron chi connectivity index (χ1n) is 10.2. The van der Waals surface area contributed by atoms with Crippen LogP contribution in [0, 0.1) is 0 Å². The first-order valence-corrected chi connectivity index (χ1v) is 10.2. The predicted octanol–water partition coefficient (Wildman–Crippen LogP) is 7.71. The molecule has 1 aliphatic rings. The van der Waals surface area contributed by atoms with Gasteiger partial charge in [0.1, 0.15) is 11.5 Å². The van der Waals surface area contributed by atoms with Crippen LogP contribution in [0.4, 0.5) is 0 Å². The molecule has 0 unspecified atom stereocenters. The minimum absolute atomic E-state index is 0.920. The van der Waals surface area contributed by atoms with Crippen molar-refractivity contribution < 1.29 is 4.74 Å². The zero-order valence-corrected chi connectivity index (χ0v) is 16.2. The molecule has 2 nitrogen and oxygen atoms in total. The Bertz CT molecular complexity index is 1610. The lowest BCUT2D eigenvalue weighted by Gasteiger charge is -2.22. The second-order valence-corrected chi connectivity index (χ2v) is 7.79. The van der Waals surface area contributed by atoms with Crippen LogP contribution in [0.3, 0.4) is 0 Å². The number of fused-ring (bicyclic) bond motifs is 6. The highest BCUT2D eigenvalue weighted by Crippen LogP contribution is 2.50. The molecule has 140 valence electrons. The quantitative estimate of drug-likeness (QED) is 0.283. The van der Waals surface area contributed by atoms with Crippen molar-refractivity contribution in [1.29, 1.82) is 0 Å². The molecule has 0 N–H and O–H groups in total. The van der Waals surface area contributed by atoms with Gasteiger partial charge in [-0.25, -0.2) is 0 Å². The van der Waals surface area contributed by atoms with Gasteiger partial charge >= 0.3 is 0 Å². The van der Waals surface area contributed by atoms with Gasteiger partial charge in [0, 0.05) is 32.8 Å². The highest BCUT2D eigenvalue weighted by atomic mass is 16.5. The number of hydrogen-bond acceptors (Lipinski definition) is 1. The van der Waals surface area contributed by atoms with E-state index in [1.54, 1.807) is 0 Å². The van der Waals surface area contributed by atoms with Crippen molar-refractivity contribution in [3.8, 4) is 28.3 Å². The van der Waals surface area contributed by atoms with Gasteiger partial charge in [0.15, 0.2) is 0 Å². The zero-order chi connectivity index (χ0) is 19.7. The Balaban J connectivity index is 1.76. The molecule has 2 heterocycles. The van der Waals surface area contributed by atoms with Gasteiger partial charge in [-0.1, -0.05) is 66.7 Å². The van der Waals surface area contributed by atoms with Crippen LogP contribution in [0.1, 0.15) is 0 Å². The first-order chi connectivity index (χ1) is 14.9. The molecule has 1 aromatic heterocycles. The third kappa shape index (κ3) is 1.98. The molecule has 0 spiro atoms. The summed E-state index contributed by atoms with van der Waals surface area (Å²) in [6.07, 6.45) is 0. The maximum atomic E-state index is 6.31. The summed E-state index contributed by atoms with van der Waals surface area (Å²) < 4.78 is 8.69. The van der Waals surface area contributed by atoms with Gasteiger partial charge in [-0.2, -0.15) is 0 Å². The molecular weight excluding hydrogens is 366 g/mol. The Morgan fingerprint density at radius 3 is 2.20 bits per heavy atom. The number of benzene rings is 5. The van der Waals surface area contributed by atoms with Gasteiger partial charge in [-0.15, -0.1) is 0 Å². The van der Waals surface area contributed by atoms with Gasteiger partial charge in [-0.3, -0.25) is 0 Å². The van der Waals surface area contributed by atoms with E-state index >= 15 is 0 Å². The number of hydrogen-bond donors (Lipinski definition) is 0. The number of para-hydroxylation sites is 3. The second kappa shape index (κ2) is 5.74. The van der Waals surface area contributed by atoms with E-state index in [1.807, 2.05) is 6.07 Å². The highest BCUT2D eigenvalue weighted by molar-refractivity contribution is 6.23. The number of nitrogens with zero attached hydrogens (tertiary/aromatic N) is 1. The van der Waals surface area contributed by atoms with Crippen LogP contribution in [0.25, 0.3) is 49.4 Å². The Labute approximate surface area is 173 Å². The van der Waals surface area contributed by atoms with E-state index in [9.17, 15) is 0 Å². The van der Waals surface area contributed by atoms with Gasteiger partial charge < -0.3 is 9.30 Å². The summed E-state index contributed by atoms with van der Waals surface area (Å²) in [6, 6.07) is 36.4. The molecule has 0 saturated carbocycles. The molecule has 7 rings (SSSR count). The standard InChI is InChI=1S/C28H17NO/c1-2-9-18(10-3-1)29-24-14-6-4-11-19(24)23-17-22-20-12-5-7-15-25(20)30-26-16-8-13-21(27(22)26)28(23)29/h1-17H. The molecule has 0 bridgehead atoms. The van der Waals surface area contributed by atoms with Crippen LogP contribution in [-0.4, -0.2) is 4.57 Å². The summed E-state index contributed by atoms with van der Waals surface area (Å²) in [5.74, 6) is 1.84. The van der Waals surface area contributed by atoms with Crippen molar-refractivity contribution in [2.75, 3.05) is 0 Å². The average molecular weight is 383 g/mol. The van der Waals surface area contributed by atoms with Crippen molar-refractivity contribution >= 4 is 32.6 Å². The Morgan fingerprint density at radius 1 is 0.533 bits per heavy atom. The van der Waals surface area contributed by atoms with E-state index in [4.69, 9.17) is 4.74 Å². The van der Waals surface area contributed by atoms with E-state index in [-0.39, 0.29) is 0 Å². The monoisotopic (exact) mass is 383 g/mol. The third-order valence-corrected chi connectivity index (χ3v) is 6.16. The Morgan fingerprint density at radius 2 is 1.27 bits per heavy atom. The van der Waals surface area contributed by atoms with Gasteiger partial charge in [-0.05, 0) is 42.0 Å². The molecular formula is C28H17NO. The molecule has 0 aliphatic carbocycles. The predicted molar refractivity (Wildman–Crippen MR) is 124 cm³/mol. The van der Waals surface area contributed by atoms with Gasteiger partial charge in [0.05, 0.1) is 11.0 Å². The van der Waals surface area contributed by atoms with Crippen LogP contribution in [0.2, 0.25) is 0 Å². The van der Waals surface area contributed by atoms with Crippen LogP contribution < -0.4 is 4.74 Å². The molecule has 2 heteroatoms.